The Morgan fingerprint density at radius 3 is 1.36 bits per heavy atom. The van der Waals surface area contributed by atoms with Crippen molar-refractivity contribution in [1.82, 2.24) is 29.5 Å². The topological polar surface area (TPSA) is 90.7 Å². The molecule has 0 saturated carbocycles. The SMILES string of the molecule is Fc1ccc(CBr)cc1.Fc1ccc(CN(Cc2ccc(F)cc2)c2cc(-c3ccccn3)nn2-c2ccccc2Cl)cc1.Nc1cc(-c2ccccn2)nn1-c1ccccc1Cl.[H-].[Na+]. The molecule has 0 aliphatic rings. The fourth-order valence-electron chi connectivity index (χ4n) is 6.30. The van der Waals surface area contributed by atoms with Gasteiger partial charge in [-0.2, -0.15) is 10.2 Å². The van der Waals surface area contributed by atoms with Gasteiger partial charge in [-0.15, -0.1) is 0 Å². The summed E-state index contributed by atoms with van der Waals surface area (Å²) in [6.07, 6.45) is 3.44. The number of alkyl halides is 1. The second-order valence-corrected chi connectivity index (χ2v) is 15.2. The number of nitrogen functional groups attached to an aromatic ring is 1. The van der Waals surface area contributed by atoms with Gasteiger partial charge < -0.3 is 12.1 Å². The Hall–Kier alpha value is -5.73. The van der Waals surface area contributed by atoms with E-state index >= 15 is 0 Å². The molecule has 0 amide bonds. The first-order valence-electron chi connectivity index (χ1n) is 19.5. The molecule has 8 nitrogen and oxygen atoms in total. The van der Waals surface area contributed by atoms with Crippen LogP contribution in [0.2, 0.25) is 10.0 Å². The summed E-state index contributed by atoms with van der Waals surface area (Å²) in [6, 6.07) is 49.2. The van der Waals surface area contributed by atoms with Crippen molar-refractivity contribution in [3.8, 4) is 34.2 Å². The largest absolute Gasteiger partial charge is 1.00 e. The van der Waals surface area contributed by atoms with Gasteiger partial charge in [0.25, 0.3) is 0 Å². The molecule has 318 valence electrons. The summed E-state index contributed by atoms with van der Waals surface area (Å²) in [6.45, 7) is 0.935. The third-order valence-corrected chi connectivity index (χ3v) is 10.7. The second-order valence-electron chi connectivity index (χ2n) is 13.9. The zero-order valence-electron chi connectivity index (χ0n) is 35.4. The number of rotatable bonds is 10. The Bertz CT molecular complexity index is 2810. The predicted octanol–water partition coefficient (Wildman–Crippen LogP) is 10.1. The fourth-order valence-corrected chi connectivity index (χ4v) is 7.11. The molecule has 9 aromatic rings. The van der Waals surface area contributed by atoms with Crippen molar-refractivity contribution in [3.05, 3.63) is 226 Å². The number of benzene rings is 5. The summed E-state index contributed by atoms with van der Waals surface area (Å²) in [4.78, 5) is 10.8. The van der Waals surface area contributed by atoms with E-state index in [1.165, 1.54) is 36.4 Å². The molecule has 0 saturated heterocycles. The van der Waals surface area contributed by atoms with Gasteiger partial charge in [0.1, 0.15) is 40.5 Å². The van der Waals surface area contributed by atoms with Crippen molar-refractivity contribution >= 4 is 50.8 Å². The molecule has 5 aromatic carbocycles. The summed E-state index contributed by atoms with van der Waals surface area (Å²) in [5.74, 6) is 0.524. The van der Waals surface area contributed by atoms with Crippen LogP contribution < -0.4 is 40.2 Å². The van der Waals surface area contributed by atoms with Crippen molar-refractivity contribution in [2.45, 2.75) is 18.4 Å². The van der Waals surface area contributed by atoms with Crippen LogP contribution in [0.4, 0.5) is 24.8 Å². The molecule has 0 fully saturated rings. The number of pyridine rings is 2. The van der Waals surface area contributed by atoms with Crippen LogP contribution in [0, 0.1) is 17.5 Å². The van der Waals surface area contributed by atoms with E-state index in [4.69, 9.17) is 34.0 Å². The number of nitrogens with zero attached hydrogens (tertiary/aromatic N) is 7. The monoisotopic (exact) mass is 968 g/mol. The predicted molar refractivity (Wildman–Crippen MR) is 251 cm³/mol. The van der Waals surface area contributed by atoms with Crippen molar-refractivity contribution in [1.29, 1.82) is 0 Å². The van der Waals surface area contributed by atoms with Gasteiger partial charge in [-0.3, -0.25) is 9.97 Å². The third-order valence-electron chi connectivity index (χ3n) is 9.41. The molecule has 4 heterocycles. The van der Waals surface area contributed by atoms with Gasteiger partial charge in [0, 0.05) is 42.9 Å². The molecule has 64 heavy (non-hydrogen) atoms. The molecular weight excluding hydrogens is 931 g/mol. The van der Waals surface area contributed by atoms with Gasteiger partial charge in [-0.25, -0.2) is 22.5 Å². The molecule has 0 radical (unpaired) electrons. The van der Waals surface area contributed by atoms with Crippen molar-refractivity contribution in [2.75, 3.05) is 10.6 Å². The Balaban J connectivity index is 0.000000220. The van der Waals surface area contributed by atoms with Crippen LogP contribution in [-0.2, 0) is 18.4 Å². The van der Waals surface area contributed by atoms with Crippen LogP contribution in [0.1, 0.15) is 18.1 Å². The minimum absolute atomic E-state index is 0. The summed E-state index contributed by atoms with van der Waals surface area (Å²) >= 11 is 16.0. The molecular formula is C49H39BrCl2F3N8Na. The van der Waals surface area contributed by atoms with Gasteiger partial charge >= 0.3 is 29.6 Å². The van der Waals surface area contributed by atoms with E-state index in [2.05, 4.69) is 35.9 Å². The number of nitrogens with two attached hydrogens (primary N) is 1. The molecule has 0 aliphatic carbocycles. The summed E-state index contributed by atoms with van der Waals surface area (Å²) in [7, 11) is 0. The molecule has 9 rings (SSSR count). The van der Waals surface area contributed by atoms with E-state index in [1.807, 2.05) is 84.9 Å². The molecule has 0 aliphatic heterocycles. The molecule has 0 unspecified atom stereocenters. The maximum absolute atomic E-state index is 13.6. The van der Waals surface area contributed by atoms with Gasteiger partial charge in [-0.05, 0) is 102 Å². The Morgan fingerprint density at radius 1 is 0.516 bits per heavy atom. The maximum atomic E-state index is 13.6. The van der Waals surface area contributed by atoms with Crippen molar-refractivity contribution < 1.29 is 44.2 Å². The zero-order valence-corrected chi connectivity index (χ0v) is 39.5. The Morgan fingerprint density at radius 2 is 0.922 bits per heavy atom. The average Bonchev–Trinajstić information content (AvgIpc) is 3.93. The van der Waals surface area contributed by atoms with Crippen LogP contribution in [-0.4, -0.2) is 29.5 Å². The molecule has 0 atom stereocenters. The molecule has 0 bridgehead atoms. The molecule has 0 spiro atoms. The number of para-hydroxylation sites is 2. The first-order valence-corrected chi connectivity index (χ1v) is 21.4. The Labute approximate surface area is 411 Å². The van der Waals surface area contributed by atoms with Crippen LogP contribution >= 0.6 is 39.1 Å². The zero-order chi connectivity index (χ0) is 44.1. The number of halogens is 6. The summed E-state index contributed by atoms with van der Waals surface area (Å²) in [5.41, 5.74) is 13.3. The number of anilines is 2. The molecule has 4 aromatic heterocycles. The van der Waals surface area contributed by atoms with E-state index in [-0.39, 0.29) is 48.4 Å². The number of hydrogen-bond acceptors (Lipinski definition) is 6. The molecule has 15 heteroatoms. The first kappa shape index (κ1) is 47.7. The van der Waals surface area contributed by atoms with Gasteiger partial charge in [-0.1, -0.05) is 112 Å². The number of hydrogen-bond donors (Lipinski definition) is 1. The van der Waals surface area contributed by atoms with E-state index < -0.39 is 0 Å². The van der Waals surface area contributed by atoms with Crippen LogP contribution in [0.25, 0.3) is 34.2 Å². The van der Waals surface area contributed by atoms with Crippen molar-refractivity contribution in [2.24, 2.45) is 0 Å². The van der Waals surface area contributed by atoms with E-state index in [1.54, 1.807) is 70.3 Å². The fraction of sp³-hybridized carbons (Fsp3) is 0.0612. The maximum Gasteiger partial charge on any atom is 1.00 e. The summed E-state index contributed by atoms with van der Waals surface area (Å²) < 4.78 is 42.8. The minimum Gasteiger partial charge on any atom is -1.00 e. The van der Waals surface area contributed by atoms with Crippen LogP contribution in [0.5, 0.6) is 0 Å². The van der Waals surface area contributed by atoms with Crippen LogP contribution in [0.3, 0.4) is 0 Å². The smallest absolute Gasteiger partial charge is 1.00 e. The van der Waals surface area contributed by atoms with Gasteiger partial charge in [0.2, 0.25) is 0 Å². The Kier molecular flexibility index (Phi) is 17.4. The molecule has 2 N–H and O–H groups in total. The normalized spacial score (nSPS) is 10.5. The van der Waals surface area contributed by atoms with E-state index in [0.717, 1.165) is 56.3 Å². The van der Waals surface area contributed by atoms with Crippen molar-refractivity contribution in [3.63, 3.8) is 0 Å². The average molecular weight is 971 g/mol. The minimum atomic E-state index is -0.294. The van der Waals surface area contributed by atoms with E-state index in [9.17, 15) is 13.2 Å². The van der Waals surface area contributed by atoms with Gasteiger partial charge in [0.05, 0.1) is 32.8 Å². The second kappa shape index (κ2) is 23.3. The number of aromatic nitrogens is 6. The first-order chi connectivity index (χ1) is 30.6. The third kappa shape index (κ3) is 12.7. The standard InChI is InChI=1S/C28H21ClF2N4.C14H11ClN4.C7H6BrF.Na.H/c29-24-5-1-2-7-27(24)35-28(17-26(33-35)25-6-3-4-16-32-25)34(18-20-8-12-22(30)13-9-20)19-21-10-14-23(31)15-11-21;15-10-5-1-2-7-13(10)19-14(16)9-12(18-19)11-6-3-4-8-17-11;8-5-6-1-3-7(9)4-2-6;;/h1-17H,18-19H2;1-9H,16H2;1-4H,5H2;;/q;;;+1;-1. The van der Waals surface area contributed by atoms with Gasteiger partial charge in [0.15, 0.2) is 0 Å². The summed E-state index contributed by atoms with van der Waals surface area (Å²) in [5, 5.41) is 11.2. The quantitative estimate of drug-likeness (QED) is 0.109. The van der Waals surface area contributed by atoms with E-state index in [0.29, 0.717) is 34.6 Å². The van der Waals surface area contributed by atoms with Crippen LogP contribution in [0.15, 0.2) is 182 Å².